The molecular weight excluding hydrogens is 548 g/mol. The van der Waals surface area contributed by atoms with Gasteiger partial charge in [-0.2, -0.15) is 0 Å². The van der Waals surface area contributed by atoms with Crippen molar-refractivity contribution < 1.29 is 17.9 Å². The Morgan fingerprint density at radius 1 is 0.810 bits per heavy atom. The lowest BCUT2D eigenvalue weighted by atomic mass is 10.1. The predicted octanol–water partition coefficient (Wildman–Crippen LogP) is 5.24. The van der Waals surface area contributed by atoms with Gasteiger partial charge in [-0.25, -0.2) is 13.1 Å². The topological polar surface area (TPSA) is 91.0 Å². The number of methoxy groups -OCH3 is 1. The Balaban J connectivity index is 1.40. The van der Waals surface area contributed by atoms with Crippen LogP contribution >= 0.6 is 0 Å². The van der Waals surface area contributed by atoms with Gasteiger partial charge in [0.1, 0.15) is 10.6 Å². The Hall–Kier alpha value is -4.34. The zero-order valence-corrected chi connectivity index (χ0v) is 24.7. The Bertz CT molecular complexity index is 1610. The highest BCUT2D eigenvalue weighted by molar-refractivity contribution is 7.89. The van der Waals surface area contributed by atoms with Gasteiger partial charge in [-0.05, 0) is 48.4 Å². The van der Waals surface area contributed by atoms with Gasteiger partial charge >= 0.3 is 0 Å². The molecule has 1 atom stereocenters. The highest BCUT2D eigenvalue weighted by Crippen LogP contribution is 2.33. The standard InChI is InChI=1S/C33H36N4O4S/c1-25(27-13-7-4-8-14-27)35-42(39,40)32-24-28(34-33(38)23-26-11-5-3-6-12-26)17-18-30(32)37-21-19-36(20-22-37)29-15-9-10-16-31(29)41-2/h3-18,24-25,35H,19-23H2,1-2H3,(H,34,38)/t25-/m0/s1. The van der Waals surface area contributed by atoms with Gasteiger partial charge in [0.15, 0.2) is 0 Å². The first kappa shape index (κ1) is 29.2. The Labute approximate surface area is 248 Å². The van der Waals surface area contributed by atoms with Crippen LogP contribution in [0.25, 0.3) is 0 Å². The number of hydrogen-bond donors (Lipinski definition) is 2. The fourth-order valence-corrected chi connectivity index (χ4v) is 6.72. The second kappa shape index (κ2) is 13.1. The zero-order chi connectivity index (χ0) is 29.5. The predicted molar refractivity (Wildman–Crippen MR) is 168 cm³/mol. The number of sulfonamides is 1. The van der Waals surface area contributed by atoms with Gasteiger partial charge in [0.25, 0.3) is 0 Å². The molecule has 1 saturated heterocycles. The highest BCUT2D eigenvalue weighted by atomic mass is 32.2. The molecule has 1 amide bonds. The molecule has 1 aliphatic rings. The zero-order valence-electron chi connectivity index (χ0n) is 23.9. The summed E-state index contributed by atoms with van der Waals surface area (Å²) in [6, 6.07) is 31.5. The maximum Gasteiger partial charge on any atom is 0.243 e. The number of hydrogen-bond acceptors (Lipinski definition) is 6. The molecule has 0 unspecified atom stereocenters. The van der Waals surface area contributed by atoms with Gasteiger partial charge in [-0.1, -0.05) is 72.8 Å². The SMILES string of the molecule is COc1ccccc1N1CCN(c2ccc(NC(=O)Cc3ccccc3)cc2S(=O)(=O)N[C@@H](C)c2ccccc2)CC1. The summed E-state index contributed by atoms with van der Waals surface area (Å²) in [5.41, 5.74) is 3.79. The molecule has 218 valence electrons. The third-order valence-electron chi connectivity index (χ3n) is 7.42. The lowest BCUT2D eigenvalue weighted by Gasteiger charge is -2.38. The monoisotopic (exact) mass is 584 g/mol. The van der Waals surface area contributed by atoms with Crippen molar-refractivity contribution in [1.29, 1.82) is 0 Å². The van der Waals surface area contributed by atoms with Crippen molar-refractivity contribution in [2.45, 2.75) is 24.3 Å². The minimum Gasteiger partial charge on any atom is -0.495 e. The molecule has 9 heteroatoms. The van der Waals surface area contributed by atoms with E-state index in [2.05, 4.69) is 19.8 Å². The minimum absolute atomic E-state index is 0.133. The molecule has 1 fully saturated rings. The van der Waals surface area contributed by atoms with Crippen molar-refractivity contribution in [3.8, 4) is 5.75 Å². The van der Waals surface area contributed by atoms with Crippen LogP contribution in [0, 0.1) is 0 Å². The Morgan fingerprint density at radius 3 is 2.07 bits per heavy atom. The molecule has 1 aliphatic heterocycles. The van der Waals surface area contributed by atoms with E-state index in [4.69, 9.17) is 4.74 Å². The summed E-state index contributed by atoms with van der Waals surface area (Å²) in [6.07, 6.45) is 0.193. The summed E-state index contributed by atoms with van der Waals surface area (Å²) >= 11 is 0. The van der Waals surface area contributed by atoms with Crippen molar-refractivity contribution in [1.82, 2.24) is 4.72 Å². The molecule has 8 nitrogen and oxygen atoms in total. The van der Waals surface area contributed by atoms with Crippen LogP contribution in [0.15, 0.2) is 108 Å². The first-order valence-electron chi connectivity index (χ1n) is 14.0. The highest BCUT2D eigenvalue weighted by Gasteiger charge is 2.28. The molecule has 2 N–H and O–H groups in total. The molecule has 4 aromatic carbocycles. The number of benzene rings is 4. The molecule has 1 heterocycles. The summed E-state index contributed by atoms with van der Waals surface area (Å²) in [4.78, 5) is 17.3. The van der Waals surface area contributed by atoms with Crippen LogP contribution in [0.4, 0.5) is 17.1 Å². The number of rotatable bonds is 10. The summed E-state index contributed by atoms with van der Waals surface area (Å²) in [6.45, 7) is 4.46. The molecule has 0 spiro atoms. The fraction of sp³-hybridized carbons (Fsp3) is 0.242. The van der Waals surface area contributed by atoms with Crippen LogP contribution in [-0.2, 0) is 21.2 Å². The molecule has 0 saturated carbocycles. The van der Waals surface area contributed by atoms with Gasteiger partial charge in [0.2, 0.25) is 15.9 Å². The van der Waals surface area contributed by atoms with Gasteiger partial charge in [-0.3, -0.25) is 4.79 Å². The van der Waals surface area contributed by atoms with E-state index in [1.54, 1.807) is 25.3 Å². The van der Waals surface area contributed by atoms with Crippen molar-refractivity contribution in [2.75, 3.05) is 48.4 Å². The molecule has 0 bridgehead atoms. The van der Waals surface area contributed by atoms with Crippen molar-refractivity contribution in [2.24, 2.45) is 0 Å². The molecule has 5 rings (SSSR count). The van der Waals surface area contributed by atoms with E-state index in [1.807, 2.05) is 91.9 Å². The van der Waals surface area contributed by atoms with Crippen molar-refractivity contribution >= 4 is 33.0 Å². The second-order valence-electron chi connectivity index (χ2n) is 10.3. The van der Waals surface area contributed by atoms with Crippen LogP contribution in [0.5, 0.6) is 5.75 Å². The molecule has 0 radical (unpaired) electrons. The first-order valence-corrected chi connectivity index (χ1v) is 15.5. The van der Waals surface area contributed by atoms with Crippen LogP contribution in [-0.4, -0.2) is 47.6 Å². The number of carbonyl (C=O) groups excluding carboxylic acids is 1. The number of anilines is 3. The van der Waals surface area contributed by atoms with E-state index >= 15 is 0 Å². The molecule has 4 aromatic rings. The molecule has 42 heavy (non-hydrogen) atoms. The first-order chi connectivity index (χ1) is 20.3. The maximum absolute atomic E-state index is 13.9. The van der Waals surface area contributed by atoms with Crippen LogP contribution in [0.1, 0.15) is 24.1 Å². The van der Waals surface area contributed by atoms with E-state index in [0.29, 0.717) is 37.6 Å². The fourth-order valence-electron chi connectivity index (χ4n) is 5.24. The van der Waals surface area contributed by atoms with Crippen molar-refractivity contribution in [3.05, 3.63) is 114 Å². The summed E-state index contributed by atoms with van der Waals surface area (Å²) in [5, 5.41) is 2.89. The van der Waals surface area contributed by atoms with E-state index < -0.39 is 16.1 Å². The van der Waals surface area contributed by atoms with Crippen LogP contribution in [0.2, 0.25) is 0 Å². The quantitative estimate of drug-likeness (QED) is 0.265. The summed E-state index contributed by atoms with van der Waals surface area (Å²) in [7, 11) is -2.30. The molecular formula is C33H36N4O4S. The van der Waals surface area contributed by atoms with E-state index in [0.717, 1.165) is 22.6 Å². The Morgan fingerprint density at radius 2 is 1.40 bits per heavy atom. The molecule has 0 aromatic heterocycles. The smallest absolute Gasteiger partial charge is 0.243 e. The van der Waals surface area contributed by atoms with Gasteiger partial charge < -0.3 is 19.9 Å². The normalized spacial score (nSPS) is 14.3. The van der Waals surface area contributed by atoms with Gasteiger partial charge in [-0.15, -0.1) is 0 Å². The second-order valence-corrected chi connectivity index (χ2v) is 12.0. The number of ether oxygens (including phenoxy) is 1. The number of carbonyl (C=O) groups is 1. The molecule has 0 aliphatic carbocycles. The minimum atomic E-state index is -3.96. The average molecular weight is 585 g/mol. The number of para-hydroxylation sites is 2. The van der Waals surface area contributed by atoms with E-state index in [-0.39, 0.29) is 17.2 Å². The number of nitrogens with zero attached hydrogens (tertiary/aromatic N) is 2. The van der Waals surface area contributed by atoms with Crippen LogP contribution < -0.4 is 24.6 Å². The number of piperazine rings is 1. The third-order valence-corrected chi connectivity index (χ3v) is 8.99. The van der Waals surface area contributed by atoms with Gasteiger partial charge in [0, 0.05) is 37.9 Å². The Kier molecular flexibility index (Phi) is 9.09. The number of amides is 1. The maximum atomic E-state index is 13.9. The van der Waals surface area contributed by atoms with Crippen LogP contribution in [0.3, 0.4) is 0 Å². The van der Waals surface area contributed by atoms with Gasteiger partial charge in [0.05, 0.1) is 24.9 Å². The lowest BCUT2D eigenvalue weighted by Crippen LogP contribution is -2.47. The van der Waals surface area contributed by atoms with E-state index in [1.165, 1.54) is 0 Å². The largest absolute Gasteiger partial charge is 0.495 e. The van der Waals surface area contributed by atoms with Crippen molar-refractivity contribution in [3.63, 3.8) is 0 Å². The average Bonchev–Trinajstić information content (AvgIpc) is 3.02. The summed E-state index contributed by atoms with van der Waals surface area (Å²) < 4.78 is 36.2. The van der Waals surface area contributed by atoms with E-state index in [9.17, 15) is 13.2 Å². The third kappa shape index (κ3) is 6.92. The number of nitrogens with one attached hydrogen (secondary N) is 2. The summed E-state index contributed by atoms with van der Waals surface area (Å²) in [5.74, 6) is 0.595. The lowest BCUT2D eigenvalue weighted by molar-refractivity contribution is -0.115.